The Bertz CT molecular complexity index is 1150. The number of rotatable bonds is 3. The van der Waals surface area contributed by atoms with Gasteiger partial charge in [0.05, 0.1) is 24.3 Å². The first kappa shape index (κ1) is 18.4. The van der Waals surface area contributed by atoms with Crippen molar-refractivity contribution in [2.45, 2.75) is 25.4 Å². The van der Waals surface area contributed by atoms with Gasteiger partial charge in [0, 0.05) is 5.02 Å². The Labute approximate surface area is 166 Å². The summed E-state index contributed by atoms with van der Waals surface area (Å²) >= 11 is 6.02. The van der Waals surface area contributed by atoms with Crippen molar-refractivity contribution < 1.29 is 9.47 Å². The molecule has 4 rings (SSSR count). The van der Waals surface area contributed by atoms with Gasteiger partial charge in [0.15, 0.2) is 0 Å². The molecule has 7 heteroatoms. The summed E-state index contributed by atoms with van der Waals surface area (Å²) in [6, 6.07) is 14.0. The van der Waals surface area contributed by atoms with Crippen molar-refractivity contribution in [1.29, 1.82) is 0 Å². The molecular weight excluding hydrogens is 380 g/mol. The van der Waals surface area contributed by atoms with Crippen LogP contribution in [0.15, 0.2) is 58.1 Å². The molecule has 0 unspecified atom stereocenters. The largest absolute Gasteiger partial charge is 0.497 e. The minimum absolute atomic E-state index is 0.213. The molecule has 2 heterocycles. The zero-order valence-corrected chi connectivity index (χ0v) is 16.4. The third-order valence-electron chi connectivity index (χ3n) is 4.98. The van der Waals surface area contributed by atoms with Crippen LogP contribution in [0.2, 0.25) is 5.02 Å². The van der Waals surface area contributed by atoms with E-state index in [9.17, 15) is 9.59 Å². The maximum Gasteiger partial charge on any atom is 0.335 e. The fraction of sp³-hybridized carbons (Fsp3) is 0.238. The maximum absolute atomic E-state index is 13.4. The minimum atomic E-state index is -0.711. The zero-order valence-electron chi connectivity index (χ0n) is 15.7. The van der Waals surface area contributed by atoms with E-state index in [1.54, 1.807) is 43.5 Å². The van der Waals surface area contributed by atoms with Gasteiger partial charge in [-0.2, -0.15) is 0 Å². The Balaban J connectivity index is 1.93. The number of nitrogens with zero attached hydrogens (tertiary/aromatic N) is 1. The number of fused-ring (bicyclic) bond motifs is 1. The van der Waals surface area contributed by atoms with Gasteiger partial charge in [-0.3, -0.25) is 9.78 Å². The quantitative estimate of drug-likeness (QED) is 0.733. The number of aromatic nitrogens is 2. The molecule has 1 aromatic heterocycles. The van der Waals surface area contributed by atoms with Crippen molar-refractivity contribution in [3.05, 3.63) is 85.5 Å². The molecule has 1 aliphatic rings. The molecule has 0 aliphatic carbocycles. The van der Waals surface area contributed by atoms with E-state index in [2.05, 4.69) is 4.98 Å². The molecule has 0 spiro atoms. The van der Waals surface area contributed by atoms with Gasteiger partial charge in [-0.1, -0.05) is 23.7 Å². The van der Waals surface area contributed by atoms with Crippen LogP contribution < -0.4 is 20.7 Å². The van der Waals surface area contributed by atoms with E-state index in [1.165, 1.54) is 0 Å². The number of methoxy groups -OCH3 is 1. The number of benzene rings is 2. The Morgan fingerprint density at radius 3 is 2.32 bits per heavy atom. The molecule has 1 atom stereocenters. The molecule has 0 radical (unpaired) electrons. The molecule has 0 saturated heterocycles. The Morgan fingerprint density at radius 1 is 1.07 bits per heavy atom. The molecule has 0 saturated carbocycles. The lowest BCUT2D eigenvalue weighted by atomic mass is 9.82. The van der Waals surface area contributed by atoms with Crippen LogP contribution >= 0.6 is 11.6 Å². The lowest BCUT2D eigenvalue weighted by molar-refractivity contribution is 0.117. The molecule has 0 fully saturated rings. The van der Waals surface area contributed by atoms with Gasteiger partial charge in [-0.05, 0) is 55.8 Å². The van der Waals surface area contributed by atoms with Crippen molar-refractivity contribution in [1.82, 2.24) is 9.55 Å². The van der Waals surface area contributed by atoms with Crippen LogP contribution in [-0.2, 0) is 0 Å². The van der Waals surface area contributed by atoms with E-state index < -0.39 is 16.9 Å². The van der Waals surface area contributed by atoms with Gasteiger partial charge in [0.1, 0.15) is 11.4 Å². The van der Waals surface area contributed by atoms with Crippen LogP contribution in [0.3, 0.4) is 0 Å². The summed E-state index contributed by atoms with van der Waals surface area (Å²) in [6.45, 7) is 3.78. The first-order chi connectivity index (χ1) is 13.3. The molecular formula is C21H19ClN2O4. The summed E-state index contributed by atoms with van der Waals surface area (Å²) < 4.78 is 12.2. The van der Waals surface area contributed by atoms with Crippen LogP contribution in [0.4, 0.5) is 0 Å². The highest BCUT2D eigenvalue weighted by molar-refractivity contribution is 6.30. The number of nitrogens with one attached hydrogen (secondary N) is 1. The Hall–Kier alpha value is -2.99. The van der Waals surface area contributed by atoms with Crippen LogP contribution in [0, 0.1) is 0 Å². The van der Waals surface area contributed by atoms with Gasteiger partial charge in [-0.25, -0.2) is 9.36 Å². The molecule has 2 aromatic carbocycles. The summed E-state index contributed by atoms with van der Waals surface area (Å²) in [6.07, 6.45) is 0. The molecule has 1 aliphatic heterocycles. The number of ether oxygens (including phenoxy) is 2. The highest BCUT2D eigenvalue weighted by Crippen LogP contribution is 2.45. The van der Waals surface area contributed by atoms with E-state index >= 15 is 0 Å². The minimum Gasteiger partial charge on any atom is -0.497 e. The van der Waals surface area contributed by atoms with Crippen LogP contribution in [0.25, 0.3) is 5.69 Å². The first-order valence-electron chi connectivity index (χ1n) is 8.80. The van der Waals surface area contributed by atoms with Gasteiger partial charge in [0.25, 0.3) is 5.56 Å². The van der Waals surface area contributed by atoms with E-state index in [0.717, 1.165) is 10.1 Å². The molecule has 6 nitrogen and oxygen atoms in total. The van der Waals surface area contributed by atoms with E-state index in [0.29, 0.717) is 22.0 Å². The smallest absolute Gasteiger partial charge is 0.335 e. The predicted molar refractivity (Wildman–Crippen MR) is 107 cm³/mol. The molecule has 28 heavy (non-hydrogen) atoms. The van der Waals surface area contributed by atoms with Crippen LogP contribution in [0.5, 0.6) is 11.6 Å². The number of halogens is 1. The van der Waals surface area contributed by atoms with Crippen LogP contribution in [-0.4, -0.2) is 22.3 Å². The van der Waals surface area contributed by atoms with E-state index in [1.807, 2.05) is 26.0 Å². The van der Waals surface area contributed by atoms with E-state index in [-0.39, 0.29) is 11.8 Å². The number of hydrogen-bond acceptors (Lipinski definition) is 4. The predicted octanol–water partition coefficient (Wildman–Crippen LogP) is 3.49. The summed E-state index contributed by atoms with van der Waals surface area (Å²) in [5.41, 5.74) is 0.0869. The number of hydrogen-bond donors (Lipinski definition) is 1. The average molecular weight is 399 g/mol. The highest BCUT2D eigenvalue weighted by Gasteiger charge is 2.45. The van der Waals surface area contributed by atoms with Crippen molar-refractivity contribution in [3.8, 4) is 17.3 Å². The molecule has 1 N–H and O–H groups in total. The SMILES string of the molecule is COc1ccc(-n2c(=O)[nH]c3c(c2=O)[C@@H](c2ccc(Cl)cc2)C(C)(C)O3)cc1. The molecule has 3 aromatic rings. The molecule has 0 bridgehead atoms. The summed E-state index contributed by atoms with van der Waals surface area (Å²) in [5, 5.41) is 0.609. The topological polar surface area (TPSA) is 73.3 Å². The lowest BCUT2D eigenvalue weighted by Gasteiger charge is -2.26. The lowest BCUT2D eigenvalue weighted by Crippen LogP contribution is -2.36. The summed E-state index contributed by atoms with van der Waals surface area (Å²) in [4.78, 5) is 28.7. The second-order valence-electron chi connectivity index (χ2n) is 7.20. The second kappa shape index (κ2) is 6.56. The van der Waals surface area contributed by atoms with E-state index in [4.69, 9.17) is 21.1 Å². The number of H-pyrrole nitrogens is 1. The second-order valence-corrected chi connectivity index (χ2v) is 7.64. The molecule has 0 amide bonds. The van der Waals surface area contributed by atoms with Crippen molar-refractivity contribution in [2.24, 2.45) is 0 Å². The van der Waals surface area contributed by atoms with Gasteiger partial charge in [0.2, 0.25) is 5.88 Å². The van der Waals surface area contributed by atoms with Gasteiger partial charge in [-0.15, -0.1) is 0 Å². The van der Waals surface area contributed by atoms with Crippen molar-refractivity contribution in [3.63, 3.8) is 0 Å². The first-order valence-corrected chi connectivity index (χ1v) is 9.18. The third kappa shape index (κ3) is 2.90. The normalized spacial score (nSPS) is 17.1. The highest BCUT2D eigenvalue weighted by atomic mass is 35.5. The monoisotopic (exact) mass is 398 g/mol. The van der Waals surface area contributed by atoms with Gasteiger partial charge >= 0.3 is 5.69 Å². The third-order valence-corrected chi connectivity index (χ3v) is 5.24. The summed E-state index contributed by atoms with van der Waals surface area (Å²) in [5.74, 6) is 0.497. The fourth-order valence-electron chi connectivity index (χ4n) is 3.72. The zero-order chi connectivity index (χ0) is 20.1. The molecule has 144 valence electrons. The van der Waals surface area contributed by atoms with Gasteiger partial charge < -0.3 is 9.47 Å². The fourth-order valence-corrected chi connectivity index (χ4v) is 3.85. The average Bonchev–Trinajstić information content (AvgIpc) is 2.93. The van der Waals surface area contributed by atoms with Crippen molar-refractivity contribution >= 4 is 11.6 Å². The Morgan fingerprint density at radius 2 is 1.71 bits per heavy atom. The Kier molecular flexibility index (Phi) is 4.31. The standard InChI is InChI=1S/C21H19ClN2O4/c1-21(2)17(12-4-6-13(22)7-5-12)16-18(28-21)23-20(26)24(19(16)25)14-8-10-15(27-3)11-9-14/h4-11,17H,1-3H3,(H,23,26)/t17-/m1/s1. The number of aromatic amines is 1. The van der Waals surface area contributed by atoms with Crippen LogP contribution in [0.1, 0.15) is 30.9 Å². The maximum atomic E-state index is 13.4. The summed E-state index contributed by atoms with van der Waals surface area (Å²) in [7, 11) is 1.56. The van der Waals surface area contributed by atoms with Crippen molar-refractivity contribution in [2.75, 3.05) is 7.11 Å².